The van der Waals surface area contributed by atoms with Gasteiger partial charge in [0, 0.05) is 6.07 Å². The molecule has 1 amide bonds. The molecule has 0 atom stereocenters. The van der Waals surface area contributed by atoms with Crippen molar-refractivity contribution < 1.29 is 14.3 Å². The SMILES string of the molecule is COc1ccc(N2CC(=O)CC2=O)nn1. The van der Waals surface area contributed by atoms with Crippen LogP contribution in [0.5, 0.6) is 5.88 Å². The molecule has 0 aromatic carbocycles. The molecule has 0 unspecified atom stereocenters. The molecule has 78 valence electrons. The second-order valence-electron chi connectivity index (χ2n) is 3.13. The molecule has 6 heteroatoms. The number of ketones is 1. The van der Waals surface area contributed by atoms with Gasteiger partial charge in [-0.1, -0.05) is 0 Å². The number of ether oxygens (including phenoxy) is 1. The average molecular weight is 207 g/mol. The van der Waals surface area contributed by atoms with E-state index in [-0.39, 0.29) is 24.7 Å². The number of nitrogens with zero attached hydrogens (tertiary/aromatic N) is 3. The van der Waals surface area contributed by atoms with Crippen LogP contribution in [0.25, 0.3) is 0 Å². The van der Waals surface area contributed by atoms with Gasteiger partial charge in [-0.3, -0.25) is 14.5 Å². The van der Waals surface area contributed by atoms with Crippen molar-refractivity contribution >= 4 is 17.5 Å². The van der Waals surface area contributed by atoms with Crippen molar-refractivity contribution in [2.75, 3.05) is 18.6 Å². The van der Waals surface area contributed by atoms with Gasteiger partial charge in [0.05, 0.1) is 20.1 Å². The summed E-state index contributed by atoms with van der Waals surface area (Å²) in [5.74, 6) is 0.417. The quantitative estimate of drug-likeness (QED) is 0.627. The summed E-state index contributed by atoms with van der Waals surface area (Å²) in [6, 6.07) is 3.20. The fraction of sp³-hybridized carbons (Fsp3) is 0.333. The Hall–Kier alpha value is -1.98. The summed E-state index contributed by atoms with van der Waals surface area (Å²) in [5, 5.41) is 7.52. The molecular weight excluding hydrogens is 198 g/mol. The summed E-state index contributed by atoms with van der Waals surface area (Å²) in [6.07, 6.45) is -0.0479. The van der Waals surface area contributed by atoms with Gasteiger partial charge in [0.25, 0.3) is 0 Å². The summed E-state index contributed by atoms with van der Waals surface area (Å²) in [4.78, 5) is 23.7. The molecule has 0 bridgehead atoms. The molecule has 1 saturated heterocycles. The van der Waals surface area contributed by atoms with E-state index in [2.05, 4.69) is 10.2 Å². The van der Waals surface area contributed by atoms with Crippen molar-refractivity contribution in [3.05, 3.63) is 12.1 Å². The Balaban J connectivity index is 2.22. The number of carbonyl (C=O) groups excluding carboxylic acids is 2. The van der Waals surface area contributed by atoms with Crippen LogP contribution in [0.1, 0.15) is 6.42 Å². The lowest BCUT2D eigenvalue weighted by molar-refractivity contribution is -0.121. The summed E-state index contributed by atoms with van der Waals surface area (Å²) in [6.45, 7) is 0.0832. The van der Waals surface area contributed by atoms with Crippen molar-refractivity contribution in [3.8, 4) is 5.88 Å². The molecule has 0 radical (unpaired) electrons. The Morgan fingerprint density at radius 1 is 1.33 bits per heavy atom. The first-order chi connectivity index (χ1) is 7.20. The Morgan fingerprint density at radius 2 is 2.13 bits per heavy atom. The molecule has 2 rings (SSSR count). The first-order valence-electron chi connectivity index (χ1n) is 4.40. The van der Waals surface area contributed by atoms with Crippen LogP contribution < -0.4 is 9.64 Å². The highest BCUT2D eigenvalue weighted by molar-refractivity contribution is 6.14. The first kappa shape index (κ1) is 9.57. The van der Waals surface area contributed by atoms with Gasteiger partial charge < -0.3 is 4.74 Å². The summed E-state index contributed by atoms with van der Waals surface area (Å²) < 4.78 is 4.84. The molecule has 0 N–H and O–H groups in total. The molecule has 15 heavy (non-hydrogen) atoms. The van der Waals surface area contributed by atoms with Gasteiger partial charge in [-0.15, -0.1) is 10.2 Å². The summed E-state index contributed by atoms with van der Waals surface area (Å²) in [7, 11) is 1.48. The smallest absolute Gasteiger partial charge is 0.236 e. The second-order valence-corrected chi connectivity index (χ2v) is 3.13. The number of rotatable bonds is 2. The van der Waals surface area contributed by atoms with Crippen LogP contribution in [0.4, 0.5) is 5.82 Å². The molecular formula is C9H9N3O3. The number of methoxy groups -OCH3 is 1. The predicted octanol–water partition coefficient (Wildman–Crippen LogP) is -0.209. The Bertz CT molecular complexity index is 402. The molecule has 6 nitrogen and oxygen atoms in total. The van der Waals surface area contributed by atoms with Gasteiger partial charge in [-0.25, -0.2) is 0 Å². The lowest BCUT2D eigenvalue weighted by atomic mass is 10.3. The third kappa shape index (κ3) is 1.78. The second kappa shape index (κ2) is 3.64. The van der Waals surface area contributed by atoms with E-state index in [9.17, 15) is 9.59 Å². The molecule has 1 fully saturated rings. The van der Waals surface area contributed by atoms with Gasteiger partial charge in [-0.05, 0) is 6.07 Å². The van der Waals surface area contributed by atoms with Crippen LogP contribution in [-0.4, -0.2) is 35.5 Å². The zero-order valence-corrected chi connectivity index (χ0v) is 8.14. The highest BCUT2D eigenvalue weighted by Gasteiger charge is 2.29. The molecule has 1 aromatic heterocycles. The highest BCUT2D eigenvalue weighted by Crippen LogP contribution is 2.17. The molecule has 0 spiro atoms. The maximum atomic E-state index is 11.3. The van der Waals surface area contributed by atoms with Crippen LogP contribution in [0, 0.1) is 0 Å². The van der Waals surface area contributed by atoms with Gasteiger partial charge >= 0.3 is 0 Å². The van der Waals surface area contributed by atoms with E-state index in [4.69, 9.17) is 4.74 Å². The van der Waals surface area contributed by atoms with Gasteiger partial charge in [0.2, 0.25) is 11.8 Å². The van der Waals surface area contributed by atoms with E-state index in [1.807, 2.05) is 0 Å². The number of Topliss-reactive ketones (excluding diaryl/α,β-unsaturated/α-hetero) is 1. The summed E-state index contributed by atoms with van der Waals surface area (Å²) in [5.41, 5.74) is 0. The van der Waals surface area contributed by atoms with Gasteiger partial charge in [-0.2, -0.15) is 0 Å². The van der Waals surface area contributed by atoms with E-state index in [1.165, 1.54) is 12.0 Å². The summed E-state index contributed by atoms with van der Waals surface area (Å²) >= 11 is 0. The number of hydrogen-bond donors (Lipinski definition) is 0. The number of carbonyl (C=O) groups is 2. The van der Waals surface area contributed by atoms with E-state index in [1.54, 1.807) is 12.1 Å². The van der Waals surface area contributed by atoms with Crippen molar-refractivity contribution in [2.24, 2.45) is 0 Å². The van der Waals surface area contributed by atoms with E-state index >= 15 is 0 Å². The normalized spacial score (nSPS) is 15.9. The highest BCUT2D eigenvalue weighted by atomic mass is 16.5. The number of amides is 1. The fourth-order valence-corrected chi connectivity index (χ4v) is 1.36. The lowest BCUT2D eigenvalue weighted by Gasteiger charge is -2.12. The number of aromatic nitrogens is 2. The van der Waals surface area contributed by atoms with Crippen molar-refractivity contribution in [1.29, 1.82) is 0 Å². The van der Waals surface area contributed by atoms with E-state index in [0.29, 0.717) is 11.7 Å². The first-order valence-corrected chi connectivity index (χ1v) is 4.40. The number of hydrogen-bond acceptors (Lipinski definition) is 5. The largest absolute Gasteiger partial charge is 0.480 e. The third-order valence-electron chi connectivity index (χ3n) is 2.10. The van der Waals surface area contributed by atoms with Crippen LogP contribution in [0.15, 0.2) is 12.1 Å². The van der Waals surface area contributed by atoms with Gasteiger partial charge in [0.15, 0.2) is 11.6 Å². The molecule has 2 heterocycles. The maximum absolute atomic E-state index is 11.3. The molecule has 0 saturated carbocycles. The molecule has 1 aliphatic heterocycles. The topological polar surface area (TPSA) is 72.4 Å². The minimum absolute atomic E-state index is 0.0479. The van der Waals surface area contributed by atoms with Crippen LogP contribution in [-0.2, 0) is 9.59 Å². The van der Waals surface area contributed by atoms with Crippen molar-refractivity contribution in [3.63, 3.8) is 0 Å². The lowest BCUT2D eigenvalue weighted by Crippen LogP contribution is -2.25. The fourth-order valence-electron chi connectivity index (χ4n) is 1.36. The average Bonchev–Trinajstić information content (AvgIpc) is 2.58. The molecule has 1 aliphatic rings. The Labute approximate surface area is 85.9 Å². The zero-order chi connectivity index (χ0) is 10.8. The monoisotopic (exact) mass is 207 g/mol. The van der Waals surface area contributed by atoms with Crippen molar-refractivity contribution in [2.45, 2.75) is 6.42 Å². The van der Waals surface area contributed by atoms with Crippen LogP contribution >= 0.6 is 0 Å². The standard InChI is InChI=1S/C9H9N3O3/c1-15-8-3-2-7(10-11-8)12-5-6(13)4-9(12)14/h2-3H,4-5H2,1H3. The van der Waals surface area contributed by atoms with E-state index < -0.39 is 0 Å². The van der Waals surface area contributed by atoms with E-state index in [0.717, 1.165) is 0 Å². The van der Waals surface area contributed by atoms with Gasteiger partial charge in [0.1, 0.15) is 0 Å². The number of anilines is 1. The van der Waals surface area contributed by atoms with Crippen LogP contribution in [0.2, 0.25) is 0 Å². The third-order valence-corrected chi connectivity index (χ3v) is 2.10. The maximum Gasteiger partial charge on any atom is 0.236 e. The Morgan fingerprint density at radius 3 is 2.60 bits per heavy atom. The zero-order valence-electron chi connectivity index (χ0n) is 8.14. The minimum Gasteiger partial charge on any atom is -0.480 e. The van der Waals surface area contributed by atoms with Crippen molar-refractivity contribution in [1.82, 2.24) is 10.2 Å². The predicted molar refractivity (Wildman–Crippen MR) is 50.6 cm³/mol. The Kier molecular flexibility index (Phi) is 2.32. The molecule has 0 aliphatic carbocycles. The molecule has 1 aromatic rings. The van der Waals surface area contributed by atoms with Crippen LogP contribution in [0.3, 0.4) is 0 Å². The minimum atomic E-state index is -0.237.